The number of hydrogen-bond donors (Lipinski definition) is 1. The third-order valence-electron chi connectivity index (χ3n) is 4.10. The number of thiophene rings is 1. The fourth-order valence-corrected chi connectivity index (χ4v) is 3.52. The van der Waals surface area contributed by atoms with E-state index in [1.54, 1.807) is 0 Å². The Balaban J connectivity index is 1.68. The minimum Gasteiger partial charge on any atom is -0.335 e. The first-order chi connectivity index (χ1) is 10.0. The van der Waals surface area contributed by atoms with Crippen LogP contribution in [0.25, 0.3) is 0 Å². The lowest BCUT2D eigenvalue weighted by molar-refractivity contribution is -0.117. The average Bonchev–Trinajstić information content (AvgIpc) is 3.24. The fraction of sp³-hybridized carbons (Fsp3) is 0.600. The lowest BCUT2D eigenvalue weighted by Crippen LogP contribution is -2.47. The fourth-order valence-electron chi connectivity index (χ4n) is 2.48. The summed E-state index contributed by atoms with van der Waals surface area (Å²) in [6.07, 6.45) is 1.98. The number of aryl methyl sites for hydroxylation is 1. The van der Waals surface area contributed by atoms with E-state index in [9.17, 15) is 9.59 Å². The Morgan fingerprint density at radius 2 is 1.90 bits per heavy atom. The van der Waals surface area contributed by atoms with Crippen molar-refractivity contribution in [2.75, 3.05) is 38.5 Å². The van der Waals surface area contributed by atoms with Crippen LogP contribution in [0.1, 0.15) is 28.1 Å². The number of anilines is 1. The predicted molar refractivity (Wildman–Crippen MR) is 83.8 cm³/mol. The molecule has 1 aliphatic carbocycles. The van der Waals surface area contributed by atoms with Crippen molar-refractivity contribution < 1.29 is 9.59 Å². The van der Waals surface area contributed by atoms with Gasteiger partial charge in [0.15, 0.2) is 0 Å². The van der Waals surface area contributed by atoms with Crippen LogP contribution in [0, 0.1) is 12.8 Å². The molecule has 1 aliphatic heterocycles. The van der Waals surface area contributed by atoms with Gasteiger partial charge in [-0.2, -0.15) is 0 Å². The maximum absolute atomic E-state index is 12.6. The Hall–Kier alpha value is -1.40. The molecular formula is C15H21N3O2S. The minimum absolute atomic E-state index is 0.0925. The number of carbonyl (C=O) groups excluding carboxylic acids is 2. The molecule has 1 aromatic heterocycles. The van der Waals surface area contributed by atoms with Crippen LogP contribution < -0.4 is 5.32 Å². The molecule has 3 rings (SSSR count). The van der Waals surface area contributed by atoms with Gasteiger partial charge in [-0.05, 0) is 38.4 Å². The summed E-state index contributed by atoms with van der Waals surface area (Å²) in [5.41, 5.74) is 0.954. The van der Waals surface area contributed by atoms with Crippen LogP contribution in [0.15, 0.2) is 6.07 Å². The topological polar surface area (TPSA) is 52.7 Å². The molecule has 2 fully saturated rings. The Bertz CT molecular complexity index is 557. The summed E-state index contributed by atoms with van der Waals surface area (Å²) in [6, 6.07) is 1.91. The number of nitrogens with one attached hydrogen (secondary N) is 1. The average molecular weight is 307 g/mol. The first kappa shape index (κ1) is 14.5. The van der Waals surface area contributed by atoms with Gasteiger partial charge in [0.25, 0.3) is 5.91 Å². The van der Waals surface area contributed by atoms with Crippen molar-refractivity contribution in [1.29, 1.82) is 0 Å². The zero-order valence-corrected chi connectivity index (χ0v) is 13.3. The van der Waals surface area contributed by atoms with E-state index >= 15 is 0 Å². The number of likely N-dealkylation sites (N-methyl/N-ethyl adjacent to an activating group) is 1. The van der Waals surface area contributed by atoms with Crippen LogP contribution in [0.4, 0.5) is 5.00 Å². The lowest BCUT2D eigenvalue weighted by Gasteiger charge is -2.32. The Morgan fingerprint density at radius 1 is 1.24 bits per heavy atom. The van der Waals surface area contributed by atoms with Gasteiger partial charge in [0.2, 0.25) is 5.91 Å². The summed E-state index contributed by atoms with van der Waals surface area (Å²) < 4.78 is 0. The number of hydrogen-bond acceptors (Lipinski definition) is 4. The molecule has 6 heteroatoms. The standard InChI is InChI=1S/C15H21N3O2S/c1-10-9-12(16-14(19)11-3-4-11)21-13(10)15(20)18-7-5-17(2)6-8-18/h9,11H,3-8H2,1-2H3,(H,16,19). The van der Waals surface area contributed by atoms with Gasteiger partial charge in [-0.25, -0.2) is 0 Å². The zero-order chi connectivity index (χ0) is 15.0. The summed E-state index contributed by atoms with van der Waals surface area (Å²) in [5.74, 6) is 0.372. The van der Waals surface area contributed by atoms with E-state index < -0.39 is 0 Å². The molecule has 2 heterocycles. The van der Waals surface area contributed by atoms with Gasteiger partial charge in [-0.3, -0.25) is 9.59 Å². The van der Waals surface area contributed by atoms with E-state index in [1.807, 2.05) is 17.9 Å². The number of amides is 2. The van der Waals surface area contributed by atoms with Gasteiger partial charge in [-0.15, -0.1) is 11.3 Å². The minimum atomic E-state index is 0.0925. The number of nitrogens with zero attached hydrogens (tertiary/aromatic N) is 2. The van der Waals surface area contributed by atoms with Gasteiger partial charge < -0.3 is 15.1 Å². The highest BCUT2D eigenvalue weighted by Crippen LogP contribution is 2.33. The van der Waals surface area contributed by atoms with E-state index in [0.717, 1.165) is 54.5 Å². The van der Waals surface area contributed by atoms with Crippen molar-refractivity contribution in [3.63, 3.8) is 0 Å². The van der Waals surface area contributed by atoms with Gasteiger partial charge >= 0.3 is 0 Å². The Labute approximate surface area is 128 Å². The molecule has 21 heavy (non-hydrogen) atoms. The molecule has 2 aliphatic rings. The molecule has 0 aromatic carbocycles. The highest BCUT2D eigenvalue weighted by Gasteiger charge is 2.30. The molecule has 0 radical (unpaired) electrons. The molecule has 0 spiro atoms. The zero-order valence-electron chi connectivity index (χ0n) is 12.5. The van der Waals surface area contributed by atoms with Crippen LogP contribution in [0.3, 0.4) is 0 Å². The molecule has 1 aromatic rings. The van der Waals surface area contributed by atoms with Gasteiger partial charge in [0.1, 0.15) is 0 Å². The summed E-state index contributed by atoms with van der Waals surface area (Å²) in [6.45, 7) is 5.32. The second-order valence-electron chi connectivity index (χ2n) is 5.98. The highest BCUT2D eigenvalue weighted by atomic mass is 32.1. The SMILES string of the molecule is Cc1cc(NC(=O)C2CC2)sc1C(=O)N1CCN(C)CC1. The Kier molecular flexibility index (Phi) is 3.99. The second-order valence-corrected chi connectivity index (χ2v) is 7.03. The van der Waals surface area contributed by atoms with Crippen molar-refractivity contribution in [3.8, 4) is 0 Å². The third-order valence-corrected chi connectivity index (χ3v) is 5.24. The molecule has 5 nitrogen and oxygen atoms in total. The number of rotatable bonds is 3. The summed E-state index contributed by atoms with van der Waals surface area (Å²) in [7, 11) is 2.07. The maximum atomic E-state index is 12.6. The van der Waals surface area contributed by atoms with Gasteiger partial charge in [0.05, 0.1) is 9.88 Å². The van der Waals surface area contributed by atoms with Crippen LogP contribution >= 0.6 is 11.3 Å². The molecule has 1 saturated heterocycles. The van der Waals surface area contributed by atoms with Gasteiger partial charge in [-0.1, -0.05) is 0 Å². The second kappa shape index (κ2) is 5.77. The maximum Gasteiger partial charge on any atom is 0.264 e. The lowest BCUT2D eigenvalue weighted by atomic mass is 10.2. The van der Waals surface area contributed by atoms with E-state index in [-0.39, 0.29) is 17.7 Å². The monoisotopic (exact) mass is 307 g/mol. The van der Waals surface area contributed by atoms with E-state index in [0.29, 0.717) is 0 Å². The number of carbonyl (C=O) groups is 2. The third kappa shape index (κ3) is 3.27. The molecule has 114 valence electrons. The van der Waals surface area contributed by atoms with Crippen molar-refractivity contribution in [2.24, 2.45) is 5.92 Å². The molecule has 0 unspecified atom stereocenters. The largest absolute Gasteiger partial charge is 0.335 e. The smallest absolute Gasteiger partial charge is 0.264 e. The first-order valence-corrected chi connectivity index (χ1v) is 8.25. The van der Waals surface area contributed by atoms with Crippen molar-refractivity contribution in [3.05, 3.63) is 16.5 Å². The molecular weight excluding hydrogens is 286 g/mol. The van der Waals surface area contributed by atoms with E-state index in [2.05, 4.69) is 17.3 Å². The number of piperazine rings is 1. The van der Waals surface area contributed by atoms with Crippen molar-refractivity contribution >= 4 is 28.2 Å². The Morgan fingerprint density at radius 3 is 2.52 bits per heavy atom. The molecule has 1 N–H and O–H groups in total. The van der Waals surface area contributed by atoms with E-state index in [4.69, 9.17) is 0 Å². The highest BCUT2D eigenvalue weighted by molar-refractivity contribution is 7.18. The van der Waals surface area contributed by atoms with Crippen LogP contribution in [-0.2, 0) is 4.79 Å². The van der Waals surface area contributed by atoms with Gasteiger partial charge in [0, 0.05) is 32.1 Å². The summed E-state index contributed by atoms with van der Waals surface area (Å²) in [4.78, 5) is 29.3. The molecule has 0 atom stereocenters. The summed E-state index contributed by atoms with van der Waals surface area (Å²) >= 11 is 1.40. The van der Waals surface area contributed by atoms with Crippen LogP contribution in [0.5, 0.6) is 0 Å². The quantitative estimate of drug-likeness (QED) is 0.926. The first-order valence-electron chi connectivity index (χ1n) is 7.43. The predicted octanol–water partition coefficient (Wildman–Crippen LogP) is 1.79. The van der Waals surface area contributed by atoms with Crippen molar-refractivity contribution in [2.45, 2.75) is 19.8 Å². The van der Waals surface area contributed by atoms with E-state index in [1.165, 1.54) is 11.3 Å². The molecule has 0 bridgehead atoms. The van der Waals surface area contributed by atoms with Crippen molar-refractivity contribution in [1.82, 2.24) is 9.80 Å². The molecule has 1 saturated carbocycles. The van der Waals surface area contributed by atoms with Crippen LogP contribution in [-0.4, -0.2) is 54.8 Å². The summed E-state index contributed by atoms with van der Waals surface area (Å²) in [5, 5.41) is 3.72. The van der Waals surface area contributed by atoms with Crippen LogP contribution in [0.2, 0.25) is 0 Å². The normalized spacial score (nSPS) is 19.6. The molecule has 2 amide bonds.